The van der Waals surface area contributed by atoms with Gasteiger partial charge in [-0.25, -0.2) is 9.59 Å². The molecule has 0 saturated carbocycles. The standard InChI is InChI=1S/C18H21ClN2O5/c1-4-5-6-15(22)21-14-8-7-11(9-13(14)19)20-10-12-16(23)25-18(2,3)26-17(12)24/h7-10,20H,4-6H2,1-3H3,(H,21,22). The third kappa shape index (κ3) is 5.23. The smallest absolute Gasteiger partial charge is 0.350 e. The highest BCUT2D eigenvalue weighted by Gasteiger charge is 2.38. The van der Waals surface area contributed by atoms with Gasteiger partial charge in [-0.1, -0.05) is 24.9 Å². The van der Waals surface area contributed by atoms with Crippen LogP contribution in [0.4, 0.5) is 11.4 Å². The minimum Gasteiger partial charge on any atom is -0.419 e. The van der Waals surface area contributed by atoms with Crippen LogP contribution in [0.15, 0.2) is 30.0 Å². The maximum atomic E-state index is 11.9. The van der Waals surface area contributed by atoms with Gasteiger partial charge >= 0.3 is 11.9 Å². The van der Waals surface area contributed by atoms with Gasteiger partial charge in [0.1, 0.15) is 0 Å². The molecular weight excluding hydrogens is 360 g/mol. The number of unbranched alkanes of at least 4 members (excludes halogenated alkanes) is 1. The van der Waals surface area contributed by atoms with Crippen molar-refractivity contribution in [2.75, 3.05) is 10.6 Å². The fraction of sp³-hybridized carbons (Fsp3) is 0.389. The fourth-order valence-corrected chi connectivity index (χ4v) is 2.42. The van der Waals surface area contributed by atoms with Crippen LogP contribution in [0.2, 0.25) is 5.02 Å². The molecule has 7 nitrogen and oxygen atoms in total. The number of nitrogens with one attached hydrogen (secondary N) is 2. The molecule has 0 spiro atoms. The van der Waals surface area contributed by atoms with Crippen LogP contribution < -0.4 is 10.6 Å². The quantitative estimate of drug-likeness (QED) is 0.445. The maximum absolute atomic E-state index is 11.9. The SMILES string of the molecule is CCCCC(=O)Nc1ccc(NC=C2C(=O)OC(C)(C)OC2=O)cc1Cl. The minimum absolute atomic E-state index is 0.105. The topological polar surface area (TPSA) is 93.7 Å². The molecule has 26 heavy (non-hydrogen) atoms. The normalized spacial score (nSPS) is 15.8. The molecule has 0 aliphatic carbocycles. The van der Waals surface area contributed by atoms with Crippen LogP contribution in [0.25, 0.3) is 0 Å². The highest BCUT2D eigenvalue weighted by atomic mass is 35.5. The van der Waals surface area contributed by atoms with Gasteiger partial charge in [-0.2, -0.15) is 0 Å². The fourth-order valence-electron chi connectivity index (χ4n) is 2.19. The van der Waals surface area contributed by atoms with Crippen molar-refractivity contribution in [3.8, 4) is 0 Å². The lowest BCUT2D eigenvalue weighted by molar-refractivity contribution is -0.222. The van der Waals surface area contributed by atoms with Gasteiger partial charge in [-0.05, 0) is 24.6 Å². The molecular formula is C18H21ClN2O5. The third-order valence-electron chi connectivity index (χ3n) is 3.50. The number of carbonyl (C=O) groups is 3. The number of halogens is 1. The lowest BCUT2D eigenvalue weighted by atomic mass is 10.2. The summed E-state index contributed by atoms with van der Waals surface area (Å²) in [5.74, 6) is -2.94. The molecule has 1 aromatic carbocycles. The Hall–Kier alpha value is -2.54. The van der Waals surface area contributed by atoms with Gasteiger partial charge in [-0.3, -0.25) is 4.79 Å². The van der Waals surface area contributed by atoms with Gasteiger partial charge in [0, 0.05) is 32.2 Å². The van der Waals surface area contributed by atoms with Crippen LogP contribution in [0, 0.1) is 0 Å². The molecule has 1 saturated heterocycles. The molecule has 1 heterocycles. The van der Waals surface area contributed by atoms with Crippen LogP contribution in [0.3, 0.4) is 0 Å². The van der Waals surface area contributed by atoms with E-state index in [9.17, 15) is 14.4 Å². The van der Waals surface area contributed by atoms with Crippen molar-refractivity contribution in [2.45, 2.75) is 45.8 Å². The summed E-state index contributed by atoms with van der Waals surface area (Å²) in [5, 5.41) is 5.86. The second kappa shape index (κ2) is 8.23. The van der Waals surface area contributed by atoms with E-state index in [1.54, 1.807) is 18.2 Å². The second-order valence-electron chi connectivity index (χ2n) is 6.23. The molecule has 2 N–H and O–H groups in total. The Morgan fingerprint density at radius 2 is 1.88 bits per heavy atom. The van der Waals surface area contributed by atoms with Crippen molar-refractivity contribution in [2.24, 2.45) is 0 Å². The lowest BCUT2D eigenvalue weighted by Crippen LogP contribution is -2.42. The van der Waals surface area contributed by atoms with E-state index >= 15 is 0 Å². The van der Waals surface area contributed by atoms with Gasteiger partial charge < -0.3 is 20.1 Å². The molecule has 0 unspecified atom stereocenters. The number of esters is 2. The van der Waals surface area contributed by atoms with Crippen molar-refractivity contribution >= 4 is 40.8 Å². The highest BCUT2D eigenvalue weighted by Crippen LogP contribution is 2.27. The van der Waals surface area contributed by atoms with Gasteiger partial charge in [0.05, 0.1) is 10.7 Å². The summed E-state index contributed by atoms with van der Waals surface area (Å²) in [6.07, 6.45) is 3.37. The Balaban J connectivity index is 2.04. The predicted octanol–water partition coefficient (Wildman–Crippen LogP) is 3.60. The summed E-state index contributed by atoms with van der Waals surface area (Å²) >= 11 is 6.17. The van der Waals surface area contributed by atoms with Crippen LogP contribution in [-0.4, -0.2) is 23.6 Å². The Kier molecular flexibility index (Phi) is 6.26. The zero-order valence-electron chi connectivity index (χ0n) is 14.8. The number of hydrogen-bond donors (Lipinski definition) is 2. The van der Waals surface area contributed by atoms with E-state index in [1.807, 2.05) is 6.92 Å². The monoisotopic (exact) mass is 380 g/mol. The highest BCUT2D eigenvalue weighted by molar-refractivity contribution is 6.34. The summed E-state index contributed by atoms with van der Waals surface area (Å²) in [7, 11) is 0. The van der Waals surface area contributed by atoms with Crippen LogP contribution >= 0.6 is 11.6 Å². The Morgan fingerprint density at radius 3 is 2.46 bits per heavy atom. The Labute approximate surface area is 156 Å². The van der Waals surface area contributed by atoms with Crippen molar-refractivity contribution in [1.29, 1.82) is 0 Å². The van der Waals surface area contributed by atoms with Gasteiger partial charge in [0.2, 0.25) is 5.91 Å². The predicted molar refractivity (Wildman–Crippen MR) is 97.6 cm³/mol. The molecule has 0 aromatic heterocycles. The molecule has 1 aliphatic rings. The zero-order valence-corrected chi connectivity index (χ0v) is 15.6. The van der Waals surface area contributed by atoms with E-state index in [4.69, 9.17) is 21.1 Å². The summed E-state index contributed by atoms with van der Waals surface area (Å²) in [6.45, 7) is 4.95. The molecule has 0 radical (unpaired) electrons. The van der Waals surface area contributed by atoms with Crippen molar-refractivity contribution in [3.05, 3.63) is 35.0 Å². The number of anilines is 2. The van der Waals surface area contributed by atoms with E-state index < -0.39 is 17.7 Å². The molecule has 0 atom stereocenters. The van der Waals surface area contributed by atoms with Gasteiger partial charge in [0.25, 0.3) is 5.79 Å². The molecule has 1 aromatic rings. The van der Waals surface area contributed by atoms with Crippen LogP contribution in [-0.2, 0) is 23.9 Å². The van der Waals surface area contributed by atoms with E-state index in [-0.39, 0.29) is 11.5 Å². The number of amides is 1. The number of rotatable bonds is 6. The summed E-state index contributed by atoms with van der Waals surface area (Å²) in [6, 6.07) is 4.85. The number of cyclic esters (lactones) is 2. The summed E-state index contributed by atoms with van der Waals surface area (Å²) in [4.78, 5) is 35.5. The van der Waals surface area contributed by atoms with E-state index in [0.717, 1.165) is 12.8 Å². The third-order valence-corrected chi connectivity index (χ3v) is 3.81. The largest absolute Gasteiger partial charge is 0.419 e. The molecule has 1 fully saturated rings. The summed E-state index contributed by atoms with van der Waals surface area (Å²) < 4.78 is 10.0. The molecule has 8 heteroatoms. The van der Waals surface area contributed by atoms with Crippen molar-refractivity contribution in [3.63, 3.8) is 0 Å². The first-order valence-electron chi connectivity index (χ1n) is 8.24. The number of ether oxygens (including phenoxy) is 2. The van der Waals surface area contributed by atoms with E-state index in [1.165, 1.54) is 20.0 Å². The average Bonchev–Trinajstić information content (AvgIpc) is 2.53. The second-order valence-corrected chi connectivity index (χ2v) is 6.63. The first-order chi connectivity index (χ1) is 12.2. The number of hydrogen-bond acceptors (Lipinski definition) is 6. The Morgan fingerprint density at radius 1 is 1.23 bits per heavy atom. The number of benzene rings is 1. The maximum Gasteiger partial charge on any atom is 0.350 e. The molecule has 140 valence electrons. The Bertz CT molecular complexity index is 736. The summed E-state index contributed by atoms with van der Waals surface area (Å²) in [5.41, 5.74) is 0.765. The molecule has 1 aliphatic heterocycles. The zero-order chi connectivity index (χ0) is 19.3. The van der Waals surface area contributed by atoms with Gasteiger partial charge in [-0.15, -0.1) is 0 Å². The average molecular weight is 381 g/mol. The lowest BCUT2D eigenvalue weighted by Gasteiger charge is -2.29. The van der Waals surface area contributed by atoms with Crippen molar-refractivity contribution < 1.29 is 23.9 Å². The van der Waals surface area contributed by atoms with E-state index in [0.29, 0.717) is 22.8 Å². The van der Waals surface area contributed by atoms with Crippen molar-refractivity contribution in [1.82, 2.24) is 0 Å². The molecule has 1 amide bonds. The molecule has 0 bridgehead atoms. The molecule has 2 rings (SSSR count). The minimum atomic E-state index is -1.29. The van der Waals surface area contributed by atoms with Crippen LogP contribution in [0.1, 0.15) is 40.0 Å². The van der Waals surface area contributed by atoms with Gasteiger partial charge in [0.15, 0.2) is 5.57 Å². The number of carbonyl (C=O) groups excluding carboxylic acids is 3. The first-order valence-corrected chi connectivity index (χ1v) is 8.62. The first kappa shape index (κ1) is 19.8. The van der Waals surface area contributed by atoms with Crippen LogP contribution in [0.5, 0.6) is 0 Å². The van der Waals surface area contributed by atoms with E-state index in [2.05, 4.69) is 10.6 Å².